The van der Waals surface area contributed by atoms with Crippen molar-refractivity contribution in [2.75, 3.05) is 5.32 Å². The number of nitrogens with zero attached hydrogens (tertiary/aromatic N) is 2. The highest BCUT2D eigenvalue weighted by molar-refractivity contribution is 7.11. The van der Waals surface area contributed by atoms with Crippen molar-refractivity contribution in [1.29, 1.82) is 0 Å². The summed E-state index contributed by atoms with van der Waals surface area (Å²) in [5.74, 6) is 0. The van der Waals surface area contributed by atoms with E-state index in [4.69, 9.17) is 0 Å². The molecule has 20 heavy (non-hydrogen) atoms. The number of benzene rings is 1. The number of fused-ring (bicyclic) bond motifs is 1. The summed E-state index contributed by atoms with van der Waals surface area (Å²) in [6.45, 7) is 4.95. The molecule has 0 bridgehead atoms. The Morgan fingerprint density at radius 1 is 1.20 bits per heavy atom. The summed E-state index contributed by atoms with van der Waals surface area (Å²) in [7, 11) is 0. The minimum atomic E-state index is 0.798. The third-order valence-corrected chi connectivity index (χ3v) is 4.36. The van der Waals surface area contributed by atoms with Gasteiger partial charge < -0.3 is 5.32 Å². The fourth-order valence-electron chi connectivity index (χ4n) is 2.16. The quantitative estimate of drug-likeness (QED) is 0.780. The topological polar surface area (TPSA) is 37.8 Å². The molecule has 102 valence electrons. The molecule has 2 aromatic heterocycles. The Balaban J connectivity index is 1.85. The first-order chi connectivity index (χ1) is 9.76. The molecule has 1 N–H and O–H groups in total. The summed E-state index contributed by atoms with van der Waals surface area (Å²) in [6, 6.07) is 10.4. The van der Waals surface area contributed by atoms with Crippen LogP contribution >= 0.6 is 11.3 Å². The van der Waals surface area contributed by atoms with Gasteiger partial charge in [0.05, 0.1) is 22.8 Å². The highest BCUT2D eigenvalue weighted by Gasteiger charge is 2.04. The Morgan fingerprint density at radius 3 is 2.90 bits per heavy atom. The van der Waals surface area contributed by atoms with Gasteiger partial charge in [0.1, 0.15) is 0 Å². The van der Waals surface area contributed by atoms with Crippen LogP contribution in [0.15, 0.2) is 36.5 Å². The van der Waals surface area contributed by atoms with Crippen molar-refractivity contribution in [3.05, 3.63) is 52.1 Å². The smallest absolute Gasteiger partial charge is 0.0936 e. The molecule has 0 amide bonds. The number of rotatable bonds is 4. The minimum Gasteiger partial charge on any atom is -0.378 e. The lowest BCUT2D eigenvalue weighted by molar-refractivity contribution is 1.09. The van der Waals surface area contributed by atoms with E-state index in [9.17, 15) is 0 Å². The lowest BCUT2D eigenvalue weighted by Crippen LogP contribution is -1.99. The summed E-state index contributed by atoms with van der Waals surface area (Å²) in [5, 5.41) is 5.83. The summed E-state index contributed by atoms with van der Waals surface area (Å²) >= 11 is 1.77. The normalized spacial score (nSPS) is 10.9. The van der Waals surface area contributed by atoms with Gasteiger partial charge in [-0.3, -0.25) is 4.98 Å². The second-order valence-corrected chi connectivity index (χ2v) is 5.96. The average Bonchev–Trinajstić information content (AvgIpc) is 2.93. The molecule has 0 fully saturated rings. The summed E-state index contributed by atoms with van der Waals surface area (Å²) in [5.41, 5.74) is 3.16. The molecule has 0 aliphatic rings. The van der Waals surface area contributed by atoms with Crippen molar-refractivity contribution < 1.29 is 0 Å². The van der Waals surface area contributed by atoms with Gasteiger partial charge in [-0.2, -0.15) is 0 Å². The maximum atomic E-state index is 4.63. The average molecular weight is 283 g/mol. The van der Waals surface area contributed by atoms with Gasteiger partial charge in [0.2, 0.25) is 0 Å². The molecule has 0 radical (unpaired) electrons. The van der Waals surface area contributed by atoms with Gasteiger partial charge in [0.25, 0.3) is 0 Å². The molecule has 3 aromatic rings. The van der Waals surface area contributed by atoms with Gasteiger partial charge in [0.15, 0.2) is 0 Å². The summed E-state index contributed by atoms with van der Waals surface area (Å²) in [6.07, 6.45) is 2.96. The molecule has 1 aromatic carbocycles. The van der Waals surface area contributed by atoms with E-state index >= 15 is 0 Å². The van der Waals surface area contributed by atoms with Crippen LogP contribution in [0.3, 0.4) is 0 Å². The fourth-order valence-corrected chi connectivity index (χ4v) is 2.96. The Morgan fingerprint density at radius 2 is 2.10 bits per heavy atom. The van der Waals surface area contributed by atoms with Gasteiger partial charge in [0, 0.05) is 22.2 Å². The van der Waals surface area contributed by atoms with E-state index in [2.05, 4.69) is 46.5 Å². The Hall–Kier alpha value is -1.94. The largest absolute Gasteiger partial charge is 0.378 e. The van der Waals surface area contributed by atoms with Gasteiger partial charge in [-0.05, 0) is 25.5 Å². The SMILES string of the molecule is CCc1ncc(CNc2cccc3ccc(C)nc23)s1. The van der Waals surface area contributed by atoms with Crippen LogP contribution in [0.2, 0.25) is 0 Å². The first kappa shape index (κ1) is 13.1. The second-order valence-electron chi connectivity index (χ2n) is 4.76. The van der Waals surface area contributed by atoms with E-state index < -0.39 is 0 Å². The van der Waals surface area contributed by atoms with Gasteiger partial charge in [-0.15, -0.1) is 11.3 Å². The first-order valence-corrected chi connectivity index (χ1v) is 7.61. The molecule has 0 atom stereocenters. The number of thiazole rings is 1. The molecular weight excluding hydrogens is 266 g/mol. The van der Waals surface area contributed by atoms with Crippen LogP contribution in [0.1, 0.15) is 22.5 Å². The van der Waals surface area contributed by atoms with Gasteiger partial charge >= 0.3 is 0 Å². The van der Waals surface area contributed by atoms with Gasteiger partial charge in [-0.25, -0.2) is 4.98 Å². The number of hydrogen-bond donors (Lipinski definition) is 1. The highest BCUT2D eigenvalue weighted by atomic mass is 32.1. The van der Waals surface area contributed by atoms with E-state index in [1.807, 2.05) is 19.2 Å². The predicted octanol–water partition coefficient (Wildman–Crippen LogP) is 4.17. The Labute approximate surface area is 122 Å². The number of aromatic nitrogens is 2. The van der Waals surface area contributed by atoms with Crippen LogP contribution in [0.25, 0.3) is 10.9 Å². The second kappa shape index (κ2) is 5.59. The molecule has 2 heterocycles. The molecule has 0 unspecified atom stereocenters. The van der Waals surface area contributed by atoms with Crippen molar-refractivity contribution in [1.82, 2.24) is 9.97 Å². The number of hydrogen-bond acceptors (Lipinski definition) is 4. The van der Waals surface area contributed by atoms with Crippen LogP contribution in [0.5, 0.6) is 0 Å². The number of anilines is 1. The van der Waals surface area contributed by atoms with Gasteiger partial charge in [-0.1, -0.05) is 25.1 Å². The number of aryl methyl sites for hydroxylation is 2. The van der Waals surface area contributed by atoms with E-state index in [0.29, 0.717) is 0 Å². The molecular formula is C16H17N3S. The van der Waals surface area contributed by atoms with Crippen molar-refractivity contribution in [2.24, 2.45) is 0 Å². The van der Waals surface area contributed by atoms with Crippen LogP contribution < -0.4 is 5.32 Å². The van der Waals surface area contributed by atoms with Crippen LogP contribution in [-0.2, 0) is 13.0 Å². The lowest BCUT2D eigenvalue weighted by Gasteiger charge is -2.08. The number of nitrogens with one attached hydrogen (secondary N) is 1. The van der Waals surface area contributed by atoms with Crippen LogP contribution in [-0.4, -0.2) is 9.97 Å². The standard InChI is InChI=1S/C16H17N3S/c1-3-15-18-10-13(20-15)9-17-14-6-4-5-12-8-7-11(2)19-16(12)14/h4-8,10,17H,3,9H2,1-2H3. The maximum Gasteiger partial charge on any atom is 0.0936 e. The fraction of sp³-hybridized carbons (Fsp3) is 0.250. The molecule has 0 saturated carbocycles. The van der Waals surface area contributed by atoms with E-state index in [0.717, 1.165) is 29.9 Å². The van der Waals surface area contributed by atoms with Crippen molar-refractivity contribution in [3.8, 4) is 0 Å². The lowest BCUT2D eigenvalue weighted by atomic mass is 10.1. The molecule has 4 heteroatoms. The number of pyridine rings is 1. The number of para-hydroxylation sites is 1. The van der Waals surface area contributed by atoms with Crippen molar-refractivity contribution >= 4 is 27.9 Å². The van der Waals surface area contributed by atoms with E-state index in [1.165, 1.54) is 15.3 Å². The van der Waals surface area contributed by atoms with Crippen molar-refractivity contribution in [2.45, 2.75) is 26.8 Å². The Bertz CT molecular complexity index is 733. The maximum absolute atomic E-state index is 4.63. The first-order valence-electron chi connectivity index (χ1n) is 6.80. The van der Waals surface area contributed by atoms with Crippen LogP contribution in [0, 0.1) is 6.92 Å². The summed E-state index contributed by atoms with van der Waals surface area (Å²) in [4.78, 5) is 10.3. The van der Waals surface area contributed by atoms with Crippen molar-refractivity contribution in [3.63, 3.8) is 0 Å². The molecule has 0 spiro atoms. The molecule has 0 aliphatic heterocycles. The Kier molecular flexibility index (Phi) is 3.65. The van der Waals surface area contributed by atoms with E-state index in [-0.39, 0.29) is 0 Å². The summed E-state index contributed by atoms with van der Waals surface area (Å²) < 4.78 is 0. The third kappa shape index (κ3) is 2.65. The zero-order valence-electron chi connectivity index (χ0n) is 11.7. The highest BCUT2D eigenvalue weighted by Crippen LogP contribution is 2.23. The molecule has 0 saturated heterocycles. The van der Waals surface area contributed by atoms with Crippen LogP contribution in [0.4, 0.5) is 5.69 Å². The minimum absolute atomic E-state index is 0.798. The molecule has 3 nitrogen and oxygen atoms in total. The third-order valence-electron chi connectivity index (χ3n) is 3.22. The zero-order valence-corrected chi connectivity index (χ0v) is 12.5. The zero-order chi connectivity index (χ0) is 13.9. The molecule has 0 aliphatic carbocycles. The monoisotopic (exact) mass is 283 g/mol. The van der Waals surface area contributed by atoms with E-state index in [1.54, 1.807) is 11.3 Å². The predicted molar refractivity (Wildman–Crippen MR) is 85.3 cm³/mol. The molecule has 3 rings (SSSR count).